The van der Waals surface area contributed by atoms with Gasteiger partial charge in [-0.25, -0.2) is 0 Å². The first kappa shape index (κ1) is 24.3. The lowest BCUT2D eigenvalue weighted by molar-refractivity contribution is 0.227. The Hall–Kier alpha value is -4.04. The second kappa shape index (κ2) is 10.0. The molecule has 8 heteroatoms. The Kier molecular flexibility index (Phi) is 6.41. The van der Waals surface area contributed by atoms with E-state index in [-0.39, 0.29) is 6.04 Å². The van der Waals surface area contributed by atoms with Gasteiger partial charge in [-0.05, 0) is 72.7 Å². The highest BCUT2D eigenvalue weighted by atomic mass is 32.1. The number of nitrogens with zero attached hydrogens (tertiary/aromatic N) is 6. The van der Waals surface area contributed by atoms with Crippen molar-refractivity contribution in [1.29, 1.82) is 0 Å². The van der Waals surface area contributed by atoms with Crippen LogP contribution in [0.1, 0.15) is 13.8 Å². The van der Waals surface area contributed by atoms with E-state index in [1.807, 2.05) is 24.4 Å². The third kappa shape index (κ3) is 4.56. The van der Waals surface area contributed by atoms with Crippen molar-refractivity contribution in [3.8, 4) is 11.3 Å². The van der Waals surface area contributed by atoms with Crippen molar-refractivity contribution in [2.24, 2.45) is 13.0 Å². The monoisotopic (exact) mass is 521 g/mol. The van der Waals surface area contributed by atoms with Gasteiger partial charge in [0.1, 0.15) is 0 Å². The molecule has 1 unspecified atom stereocenters. The topological polar surface area (TPSA) is 62.1 Å². The van der Waals surface area contributed by atoms with Crippen molar-refractivity contribution in [3.05, 3.63) is 79.1 Å². The van der Waals surface area contributed by atoms with Crippen LogP contribution in [0, 0.1) is 5.92 Å². The summed E-state index contributed by atoms with van der Waals surface area (Å²) < 4.78 is 2.12. The summed E-state index contributed by atoms with van der Waals surface area (Å²) in [5.41, 5.74) is 5.11. The van der Waals surface area contributed by atoms with Crippen molar-refractivity contribution in [2.45, 2.75) is 19.9 Å². The Morgan fingerprint density at radius 1 is 1.00 bits per heavy atom. The normalized spacial score (nSPS) is 15.9. The number of benzene rings is 2. The number of hydrogen-bond donors (Lipinski definition) is 1. The number of thiocarbonyl (C=S) groups is 1. The highest BCUT2D eigenvalue weighted by Crippen LogP contribution is 2.27. The Morgan fingerprint density at radius 2 is 1.89 bits per heavy atom. The lowest BCUT2D eigenvalue weighted by atomic mass is 10.00. The van der Waals surface area contributed by atoms with Gasteiger partial charge < -0.3 is 19.7 Å². The van der Waals surface area contributed by atoms with E-state index >= 15 is 0 Å². The Bertz CT molecular complexity index is 1600. The van der Waals surface area contributed by atoms with Gasteiger partial charge in [-0.2, -0.15) is 0 Å². The summed E-state index contributed by atoms with van der Waals surface area (Å²) in [5, 5.41) is 15.7. The molecule has 192 valence electrons. The van der Waals surface area contributed by atoms with E-state index < -0.39 is 0 Å². The molecule has 6 rings (SSSR count). The molecule has 0 amide bonds. The first-order valence-corrected chi connectivity index (χ1v) is 13.4. The molecule has 2 aromatic carbocycles. The number of fused-ring (bicyclic) bond motifs is 2. The van der Waals surface area contributed by atoms with E-state index in [1.54, 1.807) is 0 Å². The summed E-state index contributed by atoms with van der Waals surface area (Å²) in [7, 11) is 2.06. The quantitative estimate of drug-likeness (QED) is 0.303. The summed E-state index contributed by atoms with van der Waals surface area (Å²) in [6.07, 6.45) is 3.89. The number of nitrogens with one attached hydrogen (secondary N) is 1. The van der Waals surface area contributed by atoms with Crippen molar-refractivity contribution < 1.29 is 0 Å². The fourth-order valence-corrected chi connectivity index (χ4v) is 5.67. The Labute approximate surface area is 228 Å². The number of aromatic nitrogens is 4. The zero-order chi connectivity index (χ0) is 26.2. The van der Waals surface area contributed by atoms with Crippen LogP contribution in [-0.4, -0.2) is 55.4 Å². The van der Waals surface area contributed by atoms with Crippen LogP contribution in [0.15, 0.2) is 79.1 Å². The van der Waals surface area contributed by atoms with E-state index in [0.717, 1.165) is 58.4 Å². The second-order valence-electron chi connectivity index (χ2n) is 10.2. The lowest BCUT2D eigenvalue weighted by Crippen LogP contribution is -2.58. The van der Waals surface area contributed by atoms with Crippen molar-refractivity contribution in [2.75, 3.05) is 29.9 Å². The molecule has 1 N–H and O–H groups in total. The summed E-state index contributed by atoms with van der Waals surface area (Å²) >= 11 is 5.92. The smallest absolute Gasteiger partial charge is 0.173 e. The van der Waals surface area contributed by atoms with E-state index in [0.29, 0.717) is 5.92 Å². The van der Waals surface area contributed by atoms with Crippen molar-refractivity contribution >= 4 is 50.6 Å². The van der Waals surface area contributed by atoms with Gasteiger partial charge in [0.25, 0.3) is 0 Å². The van der Waals surface area contributed by atoms with E-state index in [9.17, 15) is 0 Å². The molecule has 1 fully saturated rings. The molecule has 1 saturated heterocycles. The van der Waals surface area contributed by atoms with Crippen molar-refractivity contribution in [3.63, 3.8) is 0 Å². The molecule has 1 aliphatic heterocycles. The minimum absolute atomic E-state index is 0.249. The van der Waals surface area contributed by atoms with Crippen LogP contribution in [-0.2, 0) is 7.05 Å². The molecule has 0 aliphatic carbocycles. The molecule has 4 heterocycles. The van der Waals surface area contributed by atoms with Crippen LogP contribution in [0.4, 0.5) is 11.5 Å². The van der Waals surface area contributed by atoms with Gasteiger partial charge in [-0.15, -0.1) is 10.2 Å². The molecule has 0 saturated carbocycles. The largest absolute Gasteiger partial charge is 0.351 e. The van der Waals surface area contributed by atoms with Crippen LogP contribution in [0.3, 0.4) is 0 Å². The molecule has 5 aromatic rings. The van der Waals surface area contributed by atoms with E-state index in [1.165, 1.54) is 10.9 Å². The molecular weight excluding hydrogens is 490 g/mol. The van der Waals surface area contributed by atoms with Crippen molar-refractivity contribution in [1.82, 2.24) is 24.6 Å². The van der Waals surface area contributed by atoms with Gasteiger partial charge >= 0.3 is 0 Å². The number of rotatable bonds is 4. The number of pyridine rings is 1. The summed E-state index contributed by atoms with van der Waals surface area (Å²) in [4.78, 5) is 9.11. The SMILES string of the molecule is CC(C)C1CN(c2ccc(-c3ccc4c(ccn4C)c3)nn2)CCN1C(=S)Nc1cccc2ncccc12. The van der Waals surface area contributed by atoms with Gasteiger partial charge in [-0.3, -0.25) is 4.98 Å². The molecule has 3 aromatic heterocycles. The number of piperazine rings is 1. The molecule has 0 spiro atoms. The maximum atomic E-state index is 5.92. The van der Waals surface area contributed by atoms with Gasteiger partial charge in [0, 0.05) is 66.6 Å². The van der Waals surface area contributed by atoms with E-state index in [2.05, 4.69) is 110 Å². The highest BCUT2D eigenvalue weighted by Gasteiger charge is 2.31. The minimum Gasteiger partial charge on any atom is -0.351 e. The number of aryl methyl sites for hydroxylation is 1. The first-order valence-electron chi connectivity index (χ1n) is 13.0. The van der Waals surface area contributed by atoms with Crippen LogP contribution in [0.25, 0.3) is 33.1 Å². The van der Waals surface area contributed by atoms with Gasteiger partial charge in [0.05, 0.1) is 17.3 Å². The average Bonchev–Trinajstić information content (AvgIpc) is 3.32. The average molecular weight is 522 g/mol. The molecule has 0 bridgehead atoms. The predicted octanol–water partition coefficient (Wildman–Crippen LogP) is 5.73. The van der Waals surface area contributed by atoms with Crippen LogP contribution in [0.5, 0.6) is 0 Å². The summed E-state index contributed by atoms with van der Waals surface area (Å²) in [6.45, 7) is 6.97. The molecule has 38 heavy (non-hydrogen) atoms. The fourth-order valence-electron chi connectivity index (χ4n) is 5.33. The zero-order valence-corrected chi connectivity index (χ0v) is 22.7. The van der Waals surface area contributed by atoms with Gasteiger partial charge in [-0.1, -0.05) is 26.0 Å². The maximum Gasteiger partial charge on any atom is 0.173 e. The lowest BCUT2D eigenvalue weighted by Gasteiger charge is -2.45. The molecule has 1 aliphatic rings. The summed E-state index contributed by atoms with van der Waals surface area (Å²) in [6, 6.07) is 23.1. The molecule has 0 radical (unpaired) electrons. The predicted molar refractivity (Wildman–Crippen MR) is 159 cm³/mol. The third-order valence-electron chi connectivity index (χ3n) is 7.49. The molecular formula is C30H31N7S. The fraction of sp³-hybridized carbons (Fsp3) is 0.267. The second-order valence-corrected chi connectivity index (χ2v) is 10.6. The standard InChI is InChI=1S/C30H31N7S/c1-20(2)28-19-36(16-17-37(28)30(38)32-26-8-4-7-25-23(26)6-5-14-31-25)29-12-10-24(33-34-29)21-9-11-27-22(18-21)13-15-35(27)3/h4-15,18,20,28H,16-17,19H2,1-3H3,(H,32,38). The highest BCUT2D eigenvalue weighted by molar-refractivity contribution is 7.80. The minimum atomic E-state index is 0.249. The zero-order valence-electron chi connectivity index (χ0n) is 21.9. The first-order chi connectivity index (χ1) is 18.5. The number of anilines is 2. The van der Waals surface area contributed by atoms with Crippen LogP contribution < -0.4 is 10.2 Å². The van der Waals surface area contributed by atoms with E-state index in [4.69, 9.17) is 12.2 Å². The van der Waals surface area contributed by atoms with Gasteiger partial charge in [0.15, 0.2) is 10.9 Å². The molecule has 7 nitrogen and oxygen atoms in total. The van der Waals surface area contributed by atoms with Gasteiger partial charge in [0.2, 0.25) is 0 Å². The Balaban J connectivity index is 1.17. The third-order valence-corrected chi connectivity index (χ3v) is 7.83. The number of hydrogen-bond acceptors (Lipinski definition) is 5. The molecule has 1 atom stereocenters. The van der Waals surface area contributed by atoms with Crippen LogP contribution >= 0.6 is 12.2 Å². The Morgan fingerprint density at radius 3 is 2.71 bits per heavy atom. The summed E-state index contributed by atoms with van der Waals surface area (Å²) in [5.74, 6) is 1.32. The maximum absolute atomic E-state index is 5.92. The van der Waals surface area contributed by atoms with Crippen LogP contribution in [0.2, 0.25) is 0 Å².